The van der Waals surface area contributed by atoms with E-state index in [1.54, 1.807) is 6.07 Å². The number of benzene rings is 2. The number of fused-ring (bicyclic) bond motifs is 2. The van der Waals surface area contributed by atoms with Crippen LogP contribution in [-0.2, 0) is 26.2 Å². The number of carbonyl (C=O) groups is 1. The quantitative estimate of drug-likeness (QED) is 0.595. The van der Waals surface area contributed by atoms with E-state index in [4.69, 9.17) is 14.2 Å². The lowest BCUT2D eigenvalue weighted by molar-refractivity contribution is -0.143. The summed E-state index contributed by atoms with van der Waals surface area (Å²) in [7, 11) is -3.90. The van der Waals surface area contributed by atoms with Gasteiger partial charge in [0, 0.05) is 12.5 Å². The van der Waals surface area contributed by atoms with Crippen molar-refractivity contribution in [1.82, 2.24) is 9.71 Å². The molecular formula is C19H18N2O6S2. The highest BCUT2D eigenvalue weighted by Crippen LogP contribution is 2.31. The van der Waals surface area contributed by atoms with E-state index in [1.165, 1.54) is 23.5 Å². The van der Waals surface area contributed by atoms with Crippen molar-refractivity contribution < 1.29 is 27.4 Å². The molecule has 8 nitrogen and oxygen atoms in total. The number of esters is 1. The SMILES string of the molecule is O=C(CNS(=O)(=O)c1ccc2c(c1)OCCCO2)OCc1nc2ccccc2s1. The first-order valence-corrected chi connectivity index (χ1v) is 11.2. The minimum Gasteiger partial charge on any atom is -0.490 e. The Morgan fingerprint density at radius 1 is 1.14 bits per heavy atom. The van der Waals surface area contributed by atoms with Gasteiger partial charge in [0.2, 0.25) is 10.0 Å². The molecule has 152 valence electrons. The summed E-state index contributed by atoms with van der Waals surface area (Å²) in [4.78, 5) is 16.3. The maximum absolute atomic E-state index is 12.5. The van der Waals surface area contributed by atoms with Crippen LogP contribution in [0.5, 0.6) is 11.5 Å². The number of carbonyl (C=O) groups excluding carboxylic acids is 1. The van der Waals surface area contributed by atoms with Crippen LogP contribution in [0, 0.1) is 0 Å². The van der Waals surface area contributed by atoms with Gasteiger partial charge in [-0.15, -0.1) is 11.3 Å². The number of aromatic nitrogens is 1. The molecule has 0 saturated heterocycles. The van der Waals surface area contributed by atoms with Gasteiger partial charge in [-0.3, -0.25) is 4.79 Å². The van der Waals surface area contributed by atoms with Gasteiger partial charge in [0.1, 0.15) is 18.2 Å². The number of ether oxygens (including phenoxy) is 3. The third kappa shape index (κ3) is 4.66. The number of rotatable bonds is 6. The van der Waals surface area contributed by atoms with Crippen LogP contribution in [0.1, 0.15) is 11.4 Å². The van der Waals surface area contributed by atoms with Crippen LogP contribution in [0.25, 0.3) is 10.2 Å². The monoisotopic (exact) mass is 434 g/mol. The molecule has 0 aliphatic carbocycles. The van der Waals surface area contributed by atoms with Crippen molar-refractivity contribution in [3.8, 4) is 11.5 Å². The standard InChI is InChI=1S/C19H18N2O6S2/c22-19(27-12-18-21-14-4-1-2-5-17(14)28-18)11-20-29(23,24)13-6-7-15-16(10-13)26-9-3-8-25-15/h1-2,4-7,10,20H,3,8-9,11-12H2. The summed E-state index contributed by atoms with van der Waals surface area (Å²) in [6.45, 7) is 0.464. The predicted molar refractivity (Wildman–Crippen MR) is 107 cm³/mol. The molecule has 3 aromatic rings. The number of hydrogen-bond donors (Lipinski definition) is 1. The van der Waals surface area contributed by atoms with Crippen LogP contribution in [0.3, 0.4) is 0 Å². The normalized spacial score (nSPS) is 13.8. The molecule has 0 spiro atoms. The van der Waals surface area contributed by atoms with Crippen molar-refractivity contribution in [3.05, 3.63) is 47.5 Å². The smallest absolute Gasteiger partial charge is 0.321 e. The number of nitrogens with one attached hydrogen (secondary N) is 1. The second kappa shape index (κ2) is 8.36. The first-order valence-electron chi connectivity index (χ1n) is 8.91. The predicted octanol–water partition coefficient (Wildman–Crippen LogP) is 2.48. The Labute approximate surface area is 171 Å². The van der Waals surface area contributed by atoms with Gasteiger partial charge in [-0.25, -0.2) is 13.4 Å². The molecular weight excluding hydrogens is 416 g/mol. The Hall–Kier alpha value is -2.69. The molecule has 1 aromatic heterocycles. The fourth-order valence-electron chi connectivity index (χ4n) is 2.72. The summed E-state index contributed by atoms with van der Waals surface area (Å²) in [5.74, 6) is 0.169. The second-order valence-corrected chi connectivity index (χ2v) is 9.10. The molecule has 1 N–H and O–H groups in total. The van der Waals surface area contributed by atoms with Gasteiger partial charge in [-0.1, -0.05) is 12.1 Å². The summed E-state index contributed by atoms with van der Waals surface area (Å²) >= 11 is 1.42. The molecule has 0 fully saturated rings. The van der Waals surface area contributed by atoms with E-state index < -0.39 is 22.5 Å². The minimum absolute atomic E-state index is 0.00999. The Balaban J connectivity index is 1.35. The zero-order valence-corrected chi connectivity index (χ0v) is 16.9. The summed E-state index contributed by atoms with van der Waals surface area (Å²) in [6.07, 6.45) is 0.718. The first-order chi connectivity index (χ1) is 14.0. The summed E-state index contributed by atoms with van der Waals surface area (Å²) in [6, 6.07) is 11.9. The van der Waals surface area contributed by atoms with Crippen molar-refractivity contribution in [3.63, 3.8) is 0 Å². The lowest BCUT2D eigenvalue weighted by Gasteiger charge is -2.10. The highest BCUT2D eigenvalue weighted by molar-refractivity contribution is 7.89. The maximum Gasteiger partial charge on any atom is 0.321 e. The van der Waals surface area contributed by atoms with Crippen LogP contribution in [0.4, 0.5) is 0 Å². The van der Waals surface area contributed by atoms with E-state index in [2.05, 4.69) is 9.71 Å². The van der Waals surface area contributed by atoms with Gasteiger partial charge < -0.3 is 14.2 Å². The van der Waals surface area contributed by atoms with Gasteiger partial charge in [-0.05, 0) is 24.3 Å². The van der Waals surface area contributed by atoms with Gasteiger partial charge in [-0.2, -0.15) is 4.72 Å². The third-order valence-corrected chi connectivity index (χ3v) is 6.54. The van der Waals surface area contributed by atoms with Crippen molar-refractivity contribution >= 4 is 37.5 Å². The van der Waals surface area contributed by atoms with Gasteiger partial charge >= 0.3 is 5.97 Å². The molecule has 1 aliphatic heterocycles. The molecule has 4 rings (SSSR count). The largest absolute Gasteiger partial charge is 0.490 e. The van der Waals surface area contributed by atoms with Crippen molar-refractivity contribution in [2.45, 2.75) is 17.9 Å². The van der Waals surface area contributed by atoms with Crippen molar-refractivity contribution in [2.24, 2.45) is 0 Å². The van der Waals surface area contributed by atoms with Gasteiger partial charge in [0.05, 0.1) is 28.3 Å². The number of hydrogen-bond acceptors (Lipinski definition) is 8. The molecule has 0 radical (unpaired) electrons. The molecule has 29 heavy (non-hydrogen) atoms. The molecule has 0 bridgehead atoms. The molecule has 2 heterocycles. The fourth-order valence-corrected chi connectivity index (χ4v) is 4.59. The van der Waals surface area contributed by atoms with Crippen LogP contribution in [0.2, 0.25) is 0 Å². The number of sulfonamides is 1. The topological polar surface area (TPSA) is 104 Å². The van der Waals surface area contributed by atoms with E-state index >= 15 is 0 Å². The first kappa shape index (κ1) is 19.6. The number of para-hydroxylation sites is 1. The maximum atomic E-state index is 12.5. The third-order valence-electron chi connectivity index (χ3n) is 4.13. The van der Waals surface area contributed by atoms with Crippen LogP contribution in [-0.4, -0.2) is 39.1 Å². The van der Waals surface area contributed by atoms with Crippen molar-refractivity contribution in [1.29, 1.82) is 0 Å². The molecule has 0 amide bonds. The highest BCUT2D eigenvalue weighted by Gasteiger charge is 2.20. The highest BCUT2D eigenvalue weighted by atomic mass is 32.2. The van der Waals surface area contributed by atoms with E-state index in [9.17, 15) is 13.2 Å². The lowest BCUT2D eigenvalue weighted by atomic mass is 10.3. The van der Waals surface area contributed by atoms with Crippen molar-refractivity contribution in [2.75, 3.05) is 19.8 Å². The molecule has 0 saturated carbocycles. The Kier molecular flexibility index (Phi) is 5.65. The molecule has 10 heteroatoms. The van der Waals surface area contributed by atoms with E-state index in [0.717, 1.165) is 16.6 Å². The van der Waals surface area contributed by atoms with Gasteiger partial charge in [0.15, 0.2) is 11.5 Å². The van der Waals surface area contributed by atoms with Gasteiger partial charge in [0.25, 0.3) is 0 Å². The zero-order valence-electron chi connectivity index (χ0n) is 15.3. The van der Waals surface area contributed by atoms with E-state index in [0.29, 0.717) is 29.7 Å². The van der Waals surface area contributed by atoms with E-state index in [-0.39, 0.29) is 11.5 Å². The zero-order chi connectivity index (χ0) is 20.3. The second-order valence-electron chi connectivity index (χ2n) is 6.22. The lowest BCUT2D eigenvalue weighted by Crippen LogP contribution is -2.30. The minimum atomic E-state index is -3.90. The van der Waals surface area contributed by atoms with Crippen LogP contribution < -0.4 is 14.2 Å². The number of nitrogens with zero attached hydrogens (tertiary/aromatic N) is 1. The van der Waals surface area contributed by atoms with E-state index in [1.807, 2.05) is 24.3 Å². The Morgan fingerprint density at radius 2 is 1.93 bits per heavy atom. The Bertz CT molecular complexity index is 1110. The molecule has 0 unspecified atom stereocenters. The number of thiazole rings is 1. The van der Waals surface area contributed by atoms with Crippen LogP contribution >= 0.6 is 11.3 Å². The average Bonchev–Trinajstić information content (AvgIpc) is 2.99. The molecule has 2 aromatic carbocycles. The fraction of sp³-hybridized carbons (Fsp3) is 0.263. The Morgan fingerprint density at radius 3 is 2.76 bits per heavy atom. The molecule has 0 atom stereocenters. The average molecular weight is 434 g/mol. The molecule has 1 aliphatic rings. The summed E-state index contributed by atoms with van der Waals surface area (Å²) in [5.41, 5.74) is 0.832. The van der Waals surface area contributed by atoms with Crippen LogP contribution in [0.15, 0.2) is 47.4 Å². The summed E-state index contributed by atoms with van der Waals surface area (Å²) in [5, 5.41) is 0.644. The summed E-state index contributed by atoms with van der Waals surface area (Å²) < 4.78 is 44.3.